The third-order valence-corrected chi connectivity index (χ3v) is 5.63. The van der Waals surface area contributed by atoms with Gasteiger partial charge in [-0.05, 0) is 47.9 Å². The van der Waals surface area contributed by atoms with Gasteiger partial charge in [-0.1, -0.05) is 11.6 Å². The lowest BCUT2D eigenvalue weighted by Gasteiger charge is -2.13. The fourth-order valence-corrected chi connectivity index (χ4v) is 3.46. The fraction of sp³-hybridized carbons (Fsp3) is 0.158. The number of nitrogens with one attached hydrogen (secondary N) is 2. The predicted molar refractivity (Wildman–Crippen MR) is 108 cm³/mol. The second-order valence-electron chi connectivity index (χ2n) is 6.21. The molecule has 2 aromatic heterocycles. The SMILES string of the molecule is CNS(=O)(=O)Nc1nccc(Cc2cncc(-c3ccc(Cl)cc3F)c2C)c1F. The monoisotopic (exact) mass is 438 g/mol. The van der Waals surface area contributed by atoms with Crippen LogP contribution in [-0.4, -0.2) is 25.4 Å². The van der Waals surface area contributed by atoms with Crippen LogP contribution in [0.3, 0.4) is 0 Å². The second kappa shape index (κ2) is 8.40. The van der Waals surface area contributed by atoms with E-state index in [2.05, 4.69) is 9.97 Å². The van der Waals surface area contributed by atoms with Gasteiger partial charge in [-0.2, -0.15) is 8.42 Å². The first-order valence-electron chi connectivity index (χ1n) is 8.45. The third kappa shape index (κ3) is 4.69. The average molecular weight is 439 g/mol. The number of anilines is 1. The van der Waals surface area contributed by atoms with Crippen molar-refractivity contribution in [2.75, 3.05) is 11.8 Å². The van der Waals surface area contributed by atoms with Crippen LogP contribution in [-0.2, 0) is 16.6 Å². The molecule has 0 aliphatic carbocycles. The number of hydrogen-bond donors (Lipinski definition) is 2. The normalized spacial score (nSPS) is 11.5. The molecule has 29 heavy (non-hydrogen) atoms. The molecule has 2 N–H and O–H groups in total. The maximum absolute atomic E-state index is 14.8. The zero-order chi connectivity index (χ0) is 21.2. The van der Waals surface area contributed by atoms with Crippen LogP contribution in [0.15, 0.2) is 42.9 Å². The Hall–Kier alpha value is -2.62. The van der Waals surface area contributed by atoms with E-state index in [1.807, 2.05) is 9.44 Å². The van der Waals surface area contributed by atoms with Gasteiger partial charge in [-0.3, -0.25) is 9.71 Å². The van der Waals surface area contributed by atoms with Gasteiger partial charge in [0.15, 0.2) is 11.6 Å². The summed E-state index contributed by atoms with van der Waals surface area (Å²) < 4.78 is 56.4. The summed E-state index contributed by atoms with van der Waals surface area (Å²) in [5, 5.41) is 0.281. The van der Waals surface area contributed by atoms with E-state index >= 15 is 0 Å². The molecule has 0 saturated carbocycles. The van der Waals surface area contributed by atoms with E-state index < -0.39 is 27.7 Å². The zero-order valence-corrected chi connectivity index (χ0v) is 17.1. The Labute approximate surface area is 172 Å². The van der Waals surface area contributed by atoms with E-state index in [0.717, 1.165) is 5.56 Å². The predicted octanol–water partition coefficient (Wildman–Crippen LogP) is 3.85. The molecule has 0 amide bonds. The largest absolute Gasteiger partial charge is 0.300 e. The molecular formula is C19H17ClF2N4O2S. The minimum Gasteiger partial charge on any atom is -0.264 e. The van der Waals surface area contributed by atoms with Crippen LogP contribution in [0.2, 0.25) is 5.02 Å². The number of aromatic nitrogens is 2. The summed E-state index contributed by atoms with van der Waals surface area (Å²) in [5.74, 6) is -1.70. The van der Waals surface area contributed by atoms with Crippen molar-refractivity contribution in [2.24, 2.45) is 0 Å². The highest BCUT2D eigenvalue weighted by Gasteiger charge is 2.17. The van der Waals surface area contributed by atoms with Crippen molar-refractivity contribution in [1.82, 2.24) is 14.7 Å². The summed E-state index contributed by atoms with van der Waals surface area (Å²) in [7, 11) is -2.72. The molecule has 0 unspecified atom stereocenters. The molecule has 0 radical (unpaired) electrons. The molecule has 10 heteroatoms. The van der Waals surface area contributed by atoms with Gasteiger partial charge in [-0.25, -0.2) is 18.5 Å². The van der Waals surface area contributed by atoms with E-state index in [9.17, 15) is 17.2 Å². The minimum absolute atomic E-state index is 0.116. The third-order valence-electron chi connectivity index (χ3n) is 4.39. The highest BCUT2D eigenvalue weighted by atomic mass is 35.5. The van der Waals surface area contributed by atoms with Crippen LogP contribution >= 0.6 is 11.6 Å². The maximum atomic E-state index is 14.8. The fourth-order valence-electron chi connectivity index (χ4n) is 2.80. The molecule has 0 fully saturated rings. The van der Waals surface area contributed by atoms with Crippen LogP contribution in [0.25, 0.3) is 11.1 Å². The van der Waals surface area contributed by atoms with Crippen molar-refractivity contribution < 1.29 is 17.2 Å². The molecule has 0 bridgehead atoms. The van der Waals surface area contributed by atoms with Crippen molar-refractivity contribution in [3.8, 4) is 11.1 Å². The first kappa shape index (κ1) is 21.1. The lowest BCUT2D eigenvalue weighted by atomic mass is 9.95. The molecule has 0 saturated heterocycles. The number of pyridine rings is 2. The number of nitrogens with zero attached hydrogens (tertiary/aromatic N) is 2. The van der Waals surface area contributed by atoms with E-state index in [-0.39, 0.29) is 17.0 Å². The van der Waals surface area contributed by atoms with Gasteiger partial charge in [0, 0.05) is 48.2 Å². The zero-order valence-electron chi connectivity index (χ0n) is 15.5. The summed E-state index contributed by atoms with van der Waals surface area (Å²) in [6, 6.07) is 5.80. The van der Waals surface area contributed by atoms with Gasteiger partial charge in [0.25, 0.3) is 10.2 Å². The van der Waals surface area contributed by atoms with Gasteiger partial charge < -0.3 is 0 Å². The molecule has 3 aromatic rings. The molecule has 2 heterocycles. The van der Waals surface area contributed by atoms with Crippen molar-refractivity contribution >= 4 is 27.6 Å². The van der Waals surface area contributed by atoms with Crippen LogP contribution in [0, 0.1) is 18.6 Å². The topological polar surface area (TPSA) is 84.0 Å². The lowest BCUT2D eigenvalue weighted by Crippen LogP contribution is -2.27. The standard InChI is InChI=1S/C19H17ClF2N4O2S/c1-11-13(9-24-10-16(11)15-4-3-14(20)8-17(15)21)7-12-5-6-25-19(18(12)22)26-29(27,28)23-2/h3-6,8-10,23H,7H2,1-2H3,(H,25,26). The Bertz CT molecular complexity index is 1170. The Morgan fingerprint density at radius 3 is 2.55 bits per heavy atom. The van der Waals surface area contributed by atoms with Crippen molar-refractivity contribution in [2.45, 2.75) is 13.3 Å². The summed E-state index contributed by atoms with van der Waals surface area (Å²) >= 11 is 5.81. The highest BCUT2D eigenvalue weighted by molar-refractivity contribution is 7.90. The molecule has 0 aliphatic rings. The minimum atomic E-state index is -3.91. The molecular weight excluding hydrogens is 422 g/mol. The van der Waals surface area contributed by atoms with Gasteiger partial charge in [-0.15, -0.1) is 0 Å². The Morgan fingerprint density at radius 2 is 1.86 bits per heavy atom. The summed E-state index contributed by atoms with van der Waals surface area (Å²) in [4.78, 5) is 7.89. The van der Waals surface area contributed by atoms with Crippen molar-refractivity contribution in [3.05, 3.63) is 76.2 Å². The number of halogens is 3. The van der Waals surface area contributed by atoms with E-state index in [4.69, 9.17) is 11.6 Å². The quantitative estimate of drug-likeness (QED) is 0.612. The Morgan fingerprint density at radius 1 is 1.10 bits per heavy atom. The smallest absolute Gasteiger partial charge is 0.264 e. The van der Waals surface area contributed by atoms with Crippen molar-refractivity contribution in [1.29, 1.82) is 0 Å². The average Bonchev–Trinajstić information content (AvgIpc) is 2.67. The lowest BCUT2D eigenvalue weighted by molar-refractivity contribution is 0.589. The second-order valence-corrected chi connectivity index (χ2v) is 8.27. The summed E-state index contributed by atoms with van der Waals surface area (Å²) in [6.45, 7) is 1.78. The van der Waals surface area contributed by atoms with Gasteiger partial charge in [0.05, 0.1) is 0 Å². The summed E-state index contributed by atoms with van der Waals surface area (Å²) in [5.41, 5.74) is 2.48. The molecule has 1 aromatic carbocycles. The molecule has 152 valence electrons. The number of rotatable bonds is 6. The molecule has 0 aliphatic heterocycles. The van der Waals surface area contributed by atoms with Crippen molar-refractivity contribution in [3.63, 3.8) is 0 Å². The Kier molecular flexibility index (Phi) is 6.11. The molecule has 0 atom stereocenters. The maximum Gasteiger partial charge on any atom is 0.300 e. The summed E-state index contributed by atoms with van der Waals surface area (Å²) in [6.07, 6.45) is 4.51. The van der Waals surface area contributed by atoms with Gasteiger partial charge in [0.1, 0.15) is 5.82 Å². The van der Waals surface area contributed by atoms with Crippen LogP contribution in [0.1, 0.15) is 16.7 Å². The van der Waals surface area contributed by atoms with Gasteiger partial charge in [0.2, 0.25) is 0 Å². The van der Waals surface area contributed by atoms with Crippen LogP contribution in [0.4, 0.5) is 14.6 Å². The van der Waals surface area contributed by atoms with Crippen LogP contribution < -0.4 is 9.44 Å². The van der Waals surface area contributed by atoms with E-state index in [0.29, 0.717) is 16.7 Å². The number of benzene rings is 1. The first-order valence-corrected chi connectivity index (χ1v) is 10.3. The number of hydrogen-bond acceptors (Lipinski definition) is 4. The van der Waals surface area contributed by atoms with E-state index in [1.54, 1.807) is 25.3 Å². The first-order chi connectivity index (χ1) is 13.7. The Balaban J connectivity index is 1.98. The molecule has 0 spiro atoms. The van der Waals surface area contributed by atoms with Crippen LogP contribution in [0.5, 0.6) is 0 Å². The van der Waals surface area contributed by atoms with Gasteiger partial charge >= 0.3 is 0 Å². The van der Waals surface area contributed by atoms with E-state index in [1.165, 1.54) is 31.6 Å². The highest BCUT2D eigenvalue weighted by Crippen LogP contribution is 2.30. The molecule has 3 rings (SSSR count). The molecule has 6 nitrogen and oxygen atoms in total.